The minimum absolute atomic E-state index is 0.0492. The molecule has 2 amide bonds. The summed E-state index contributed by atoms with van der Waals surface area (Å²) in [6, 6.07) is 14.0. The van der Waals surface area contributed by atoms with E-state index in [0.29, 0.717) is 22.0 Å². The number of aryl methyl sites for hydroxylation is 1. The van der Waals surface area contributed by atoms with Crippen molar-refractivity contribution in [2.45, 2.75) is 6.92 Å². The lowest BCUT2D eigenvalue weighted by Gasteiger charge is -2.28. The molecule has 160 valence electrons. The number of furan rings is 1. The molecule has 0 saturated carbocycles. The molecule has 2 aromatic carbocycles. The van der Waals surface area contributed by atoms with E-state index in [0.717, 1.165) is 5.56 Å². The van der Waals surface area contributed by atoms with Gasteiger partial charge in [-0.05, 0) is 67.2 Å². The Hall–Kier alpha value is -3.82. The Kier molecular flexibility index (Phi) is 5.60. The van der Waals surface area contributed by atoms with Crippen molar-refractivity contribution in [2.24, 2.45) is 0 Å². The number of non-ortho nitro benzene ring substituents is 1. The SMILES string of the molecule is Cc1ccc([N+](=O)[O-])cc1-c1ccc(C=C2C(=O)NC(=S)N(c3ccc(Cl)cc3)C2=O)o1. The number of halogens is 1. The van der Waals surface area contributed by atoms with Crippen molar-refractivity contribution in [2.75, 3.05) is 4.90 Å². The Labute approximate surface area is 192 Å². The number of nitrogens with zero attached hydrogens (tertiary/aromatic N) is 2. The monoisotopic (exact) mass is 467 g/mol. The molecular formula is C22H14ClN3O5S. The Morgan fingerprint density at radius 3 is 2.53 bits per heavy atom. The predicted molar refractivity (Wildman–Crippen MR) is 123 cm³/mol. The van der Waals surface area contributed by atoms with Crippen LogP contribution in [-0.2, 0) is 9.59 Å². The first-order chi connectivity index (χ1) is 15.2. The third-order valence-corrected chi connectivity index (χ3v) is 5.33. The number of carbonyl (C=O) groups is 2. The summed E-state index contributed by atoms with van der Waals surface area (Å²) in [5.41, 5.74) is 1.51. The quantitative estimate of drug-likeness (QED) is 0.197. The number of carbonyl (C=O) groups excluding carboxylic acids is 2. The molecule has 0 bridgehead atoms. The van der Waals surface area contributed by atoms with Crippen molar-refractivity contribution in [3.63, 3.8) is 0 Å². The number of hydrogen-bond donors (Lipinski definition) is 1. The molecule has 1 fully saturated rings. The van der Waals surface area contributed by atoms with Crippen molar-refractivity contribution in [1.82, 2.24) is 5.32 Å². The summed E-state index contributed by atoms with van der Waals surface area (Å²) >= 11 is 11.1. The molecule has 1 aliphatic rings. The zero-order valence-electron chi connectivity index (χ0n) is 16.5. The van der Waals surface area contributed by atoms with E-state index in [1.54, 1.807) is 49.4 Å². The first-order valence-corrected chi connectivity index (χ1v) is 10.1. The molecule has 2 heterocycles. The first-order valence-electron chi connectivity index (χ1n) is 9.27. The number of nitrogens with one attached hydrogen (secondary N) is 1. The zero-order valence-corrected chi connectivity index (χ0v) is 18.1. The largest absolute Gasteiger partial charge is 0.457 e. The van der Waals surface area contributed by atoms with Gasteiger partial charge in [0, 0.05) is 22.7 Å². The number of anilines is 1. The Balaban J connectivity index is 1.69. The lowest BCUT2D eigenvalue weighted by Crippen LogP contribution is -2.54. The fraction of sp³-hybridized carbons (Fsp3) is 0.0455. The highest BCUT2D eigenvalue weighted by Gasteiger charge is 2.34. The topological polar surface area (TPSA) is 106 Å². The van der Waals surface area contributed by atoms with Gasteiger partial charge >= 0.3 is 0 Å². The second kappa shape index (κ2) is 8.37. The van der Waals surface area contributed by atoms with Crippen LogP contribution in [-0.4, -0.2) is 21.9 Å². The van der Waals surface area contributed by atoms with Crippen LogP contribution in [0, 0.1) is 17.0 Å². The van der Waals surface area contributed by atoms with Gasteiger partial charge < -0.3 is 4.42 Å². The van der Waals surface area contributed by atoms with Crippen molar-refractivity contribution in [3.05, 3.63) is 86.6 Å². The molecule has 1 aliphatic heterocycles. The molecule has 10 heteroatoms. The van der Waals surface area contributed by atoms with E-state index in [4.69, 9.17) is 28.2 Å². The lowest BCUT2D eigenvalue weighted by atomic mass is 10.1. The van der Waals surface area contributed by atoms with Crippen molar-refractivity contribution >= 4 is 58.2 Å². The first kappa shape index (κ1) is 21.4. The fourth-order valence-electron chi connectivity index (χ4n) is 3.19. The van der Waals surface area contributed by atoms with Crippen LogP contribution in [0.25, 0.3) is 17.4 Å². The van der Waals surface area contributed by atoms with Crippen LogP contribution in [0.1, 0.15) is 11.3 Å². The summed E-state index contributed by atoms with van der Waals surface area (Å²) in [7, 11) is 0. The third-order valence-electron chi connectivity index (χ3n) is 4.80. The molecule has 1 N–H and O–H groups in total. The fourth-order valence-corrected chi connectivity index (χ4v) is 3.60. The summed E-state index contributed by atoms with van der Waals surface area (Å²) in [5.74, 6) is -0.680. The van der Waals surface area contributed by atoms with E-state index in [1.165, 1.54) is 23.1 Å². The number of hydrogen-bond acceptors (Lipinski definition) is 6. The molecule has 4 rings (SSSR count). The van der Waals surface area contributed by atoms with Gasteiger partial charge in [-0.1, -0.05) is 17.7 Å². The average molecular weight is 468 g/mol. The molecule has 8 nitrogen and oxygen atoms in total. The zero-order chi connectivity index (χ0) is 23.0. The summed E-state index contributed by atoms with van der Waals surface area (Å²) in [4.78, 5) is 37.3. The number of benzene rings is 2. The van der Waals surface area contributed by atoms with Crippen LogP contribution >= 0.6 is 23.8 Å². The van der Waals surface area contributed by atoms with Crippen molar-refractivity contribution < 1.29 is 18.9 Å². The molecule has 1 aromatic heterocycles. The van der Waals surface area contributed by atoms with E-state index in [9.17, 15) is 19.7 Å². The number of nitro benzene ring substituents is 1. The second-order valence-corrected chi connectivity index (χ2v) is 7.72. The molecule has 0 unspecified atom stereocenters. The van der Waals surface area contributed by atoms with Gasteiger partial charge in [0.05, 0.1) is 10.6 Å². The average Bonchev–Trinajstić information content (AvgIpc) is 3.21. The molecule has 0 aliphatic carbocycles. The van der Waals surface area contributed by atoms with Crippen LogP contribution < -0.4 is 10.2 Å². The molecule has 0 atom stereocenters. The number of thiocarbonyl (C=S) groups is 1. The van der Waals surface area contributed by atoms with Gasteiger partial charge in [-0.3, -0.25) is 29.9 Å². The molecule has 32 heavy (non-hydrogen) atoms. The maximum absolute atomic E-state index is 13.0. The highest BCUT2D eigenvalue weighted by Crippen LogP contribution is 2.30. The van der Waals surface area contributed by atoms with Gasteiger partial charge in [0.1, 0.15) is 17.1 Å². The lowest BCUT2D eigenvalue weighted by molar-refractivity contribution is -0.384. The molecule has 0 radical (unpaired) electrons. The van der Waals surface area contributed by atoms with Gasteiger partial charge in [-0.2, -0.15) is 0 Å². The summed E-state index contributed by atoms with van der Waals surface area (Å²) in [6.07, 6.45) is 1.30. The predicted octanol–water partition coefficient (Wildman–Crippen LogP) is 4.65. The second-order valence-electron chi connectivity index (χ2n) is 6.89. The number of nitro groups is 1. The highest BCUT2D eigenvalue weighted by molar-refractivity contribution is 7.80. The van der Waals surface area contributed by atoms with Crippen molar-refractivity contribution in [1.29, 1.82) is 0 Å². The van der Waals surface area contributed by atoms with Crippen LogP contribution in [0.15, 0.2) is 64.6 Å². The number of amides is 2. The smallest absolute Gasteiger partial charge is 0.270 e. The van der Waals surface area contributed by atoms with E-state index < -0.39 is 16.7 Å². The Morgan fingerprint density at radius 2 is 1.84 bits per heavy atom. The molecular weight excluding hydrogens is 454 g/mol. The summed E-state index contributed by atoms with van der Waals surface area (Å²) in [5, 5.41) is 14.0. The van der Waals surface area contributed by atoms with E-state index in [1.807, 2.05) is 0 Å². The molecule has 3 aromatic rings. The van der Waals surface area contributed by atoms with E-state index in [-0.39, 0.29) is 22.1 Å². The minimum Gasteiger partial charge on any atom is -0.457 e. The van der Waals surface area contributed by atoms with Gasteiger partial charge in [0.2, 0.25) is 0 Å². The van der Waals surface area contributed by atoms with E-state index in [2.05, 4.69) is 5.32 Å². The van der Waals surface area contributed by atoms with Gasteiger partial charge in [0.25, 0.3) is 17.5 Å². The van der Waals surface area contributed by atoms with Gasteiger partial charge in [-0.15, -0.1) is 0 Å². The molecule has 0 spiro atoms. The van der Waals surface area contributed by atoms with Crippen LogP contribution in [0.2, 0.25) is 5.02 Å². The Morgan fingerprint density at radius 1 is 1.12 bits per heavy atom. The van der Waals surface area contributed by atoms with E-state index >= 15 is 0 Å². The number of rotatable bonds is 4. The van der Waals surface area contributed by atoms with Gasteiger partial charge in [0.15, 0.2) is 5.11 Å². The normalized spacial score (nSPS) is 15.2. The summed E-state index contributed by atoms with van der Waals surface area (Å²) in [6.45, 7) is 1.79. The standard InChI is InChI=1S/C22H14ClN3O5S/c1-12-2-5-15(26(29)30)10-17(12)19-9-8-16(31-19)11-18-20(27)24-22(32)25(21(18)28)14-6-3-13(23)4-7-14/h2-11H,1H3,(H,24,27,32). The van der Waals surface area contributed by atoms with Gasteiger partial charge in [-0.25, -0.2) is 0 Å². The molecule has 1 saturated heterocycles. The Bertz CT molecular complexity index is 1310. The highest BCUT2D eigenvalue weighted by atomic mass is 35.5. The van der Waals surface area contributed by atoms with Crippen LogP contribution in [0.5, 0.6) is 0 Å². The summed E-state index contributed by atoms with van der Waals surface area (Å²) < 4.78 is 5.77. The van der Waals surface area contributed by atoms with Crippen LogP contribution in [0.4, 0.5) is 11.4 Å². The maximum atomic E-state index is 13.0. The third kappa shape index (κ3) is 4.03. The maximum Gasteiger partial charge on any atom is 0.270 e. The van der Waals surface area contributed by atoms with Crippen LogP contribution in [0.3, 0.4) is 0 Å². The minimum atomic E-state index is -0.658. The van der Waals surface area contributed by atoms with Crippen molar-refractivity contribution in [3.8, 4) is 11.3 Å².